The number of carbonyl (C=O) groups excluding carboxylic acids is 2. The zero-order valence-corrected chi connectivity index (χ0v) is 7.77. The summed E-state index contributed by atoms with van der Waals surface area (Å²) >= 11 is 0. The Morgan fingerprint density at radius 2 is 1.64 bits per heavy atom. The first-order valence-corrected chi connectivity index (χ1v) is 5.36. The number of carbonyl (C=O) groups is 2. The highest BCUT2D eigenvalue weighted by atomic mass is 16.2. The fraction of sp³-hybridized carbons (Fsp3) is 0.800. The second-order valence-electron chi connectivity index (χ2n) is 4.97. The van der Waals surface area contributed by atoms with E-state index in [1.807, 2.05) is 0 Å². The molecule has 0 aromatic heterocycles. The standard InChI is InChI=1S/C10H12N2O2/c13-9-4-1-5(4)10(14)12(9)8-6-2-11-3-7(6)8/h4-8,11H,1-3H2. The highest BCUT2D eigenvalue weighted by Gasteiger charge is 2.67. The Bertz CT molecular complexity index is 324. The van der Waals surface area contributed by atoms with Crippen LogP contribution in [0.2, 0.25) is 0 Å². The summed E-state index contributed by atoms with van der Waals surface area (Å²) in [6.07, 6.45) is 0.828. The van der Waals surface area contributed by atoms with E-state index in [-0.39, 0.29) is 29.7 Å². The van der Waals surface area contributed by atoms with Crippen LogP contribution in [-0.4, -0.2) is 35.8 Å². The molecule has 4 unspecified atom stereocenters. The molecule has 14 heavy (non-hydrogen) atoms. The molecular formula is C10H12N2O2. The third kappa shape index (κ3) is 0.670. The van der Waals surface area contributed by atoms with Crippen LogP contribution in [0.15, 0.2) is 0 Å². The maximum atomic E-state index is 11.8. The van der Waals surface area contributed by atoms with Gasteiger partial charge in [-0.2, -0.15) is 0 Å². The second-order valence-corrected chi connectivity index (χ2v) is 4.97. The number of hydrogen-bond acceptors (Lipinski definition) is 3. The lowest BCUT2D eigenvalue weighted by Gasteiger charge is -2.18. The molecule has 2 aliphatic heterocycles. The minimum atomic E-state index is 0.0804. The zero-order chi connectivity index (χ0) is 9.45. The van der Waals surface area contributed by atoms with Crippen molar-refractivity contribution in [3.63, 3.8) is 0 Å². The molecule has 4 heteroatoms. The maximum absolute atomic E-state index is 11.8. The molecule has 4 rings (SSSR count). The summed E-state index contributed by atoms with van der Waals surface area (Å²) in [7, 11) is 0. The van der Waals surface area contributed by atoms with Crippen molar-refractivity contribution < 1.29 is 9.59 Å². The van der Waals surface area contributed by atoms with E-state index in [2.05, 4.69) is 5.32 Å². The van der Waals surface area contributed by atoms with E-state index in [1.54, 1.807) is 4.90 Å². The molecule has 0 aromatic carbocycles. The molecule has 1 N–H and O–H groups in total. The number of nitrogens with zero attached hydrogens (tertiary/aromatic N) is 1. The molecule has 0 radical (unpaired) electrons. The zero-order valence-electron chi connectivity index (χ0n) is 7.77. The van der Waals surface area contributed by atoms with Gasteiger partial charge < -0.3 is 5.32 Å². The molecule has 0 aromatic rings. The van der Waals surface area contributed by atoms with Crippen molar-refractivity contribution in [2.45, 2.75) is 12.5 Å². The molecule has 0 spiro atoms. The normalized spacial score (nSPS) is 53.4. The number of nitrogens with one attached hydrogen (secondary N) is 1. The molecule has 4 fully saturated rings. The van der Waals surface area contributed by atoms with Crippen LogP contribution in [-0.2, 0) is 9.59 Å². The van der Waals surface area contributed by atoms with Crippen molar-refractivity contribution in [2.75, 3.05) is 13.1 Å². The number of hydrogen-bond donors (Lipinski definition) is 1. The van der Waals surface area contributed by atoms with Crippen molar-refractivity contribution in [1.82, 2.24) is 10.2 Å². The topological polar surface area (TPSA) is 49.4 Å². The Labute approximate surface area is 81.6 Å². The number of rotatable bonds is 1. The van der Waals surface area contributed by atoms with Crippen molar-refractivity contribution >= 4 is 11.8 Å². The lowest BCUT2D eigenvalue weighted by Crippen LogP contribution is -2.39. The predicted molar refractivity (Wildman–Crippen MR) is 47.1 cm³/mol. The molecule has 2 aliphatic carbocycles. The Morgan fingerprint density at radius 1 is 1.07 bits per heavy atom. The van der Waals surface area contributed by atoms with Gasteiger partial charge in [0, 0.05) is 19.1 Å². The first-order valence-electron chi connectivity index (χ1n) is 5.36. The van der Waals surface area contributed by atoms with Crippen LogP contribution in [0.5, 0.6) is 0 Å². The number of fused-ring (bicyclic) bond motifs is 2. The molecule has 2 saturated carbocycles. The van der Waals surface area contributed by atoms with Gasteiger partial charge in [0.2, 0.25) is 11.8 Å². The molecule has 4 aliphatic rings. The van der Waals surface area contributed by atoms with Crippen molar-refractivity contribution in [3.8, 4) is 0 Å². The summed E-state index contributed by atoms with van der Waals surface area (Å²) in [4.78, 5) is 25.1. The third-order valence-corrected chi connectivity index (χ3v) is 4.24. The first-order chi connectivity index (χ1) is 6.79. The second kappa shape index (κ2) is 2.03. The molecule has 2 amide bonds. The van der Waals surface area contributed by atoms with E-state index in [0.717, 1.165) is 19.5 Å². The lowest BCUT2D eigenvalue weighted by atomic mass is 10.3. The van der Waals surface area contributed by atoms with Gasteiger partial charge in [-0.15, -0.1) is 0 Å². The summed E-state index contributed by atoms with van der Waals surface area (Å²) in [6, 6.07) is 0.268. The minimum absolute atomic E-state index is 0.0804. The Kier molecular flexibility index (Phi) is 1.07. The molecule has 74 valence electrons. The average Bonchev–Trinajstić information content (AvgIpc) is 3.02. The van der Waals surface area contributed by atoms with E-state index in [9.17, 15) is 9.59 Å². The fourth-order valence-corrected chi connectivity index (χ4v) is 3.27. The predicted octanol–water partition coefficient (Wildman–Crippen LogP) is -0.791. The Morgan fingerprint density at radius 3 is 2.21 bits per heavy atom. The molecule has 2 saturated heterocycles. The number of piperidine rings is 2. The van der Waals surface area contributed by atoms with Crippen LogP contribution < -0.4 is 5.32 Å². The first kappa shape index (κ1) is 7.40. The van der Waals surface area contributed by atoms with Gasteiger partial charge in [0.05, 0.1) is 11.8 Å². The number of imide groups is 1. The average molecular weight is 192 g/mol. The van der Waals surface area contributed by atoms with Crippen LogP contribution in [0.4, 0.5) is 0 Å². The molecule has 4 atom stereocenters. The van der Waals surface area contributed by atoms with Gasteiger partial charge in [0.25, 0.3) is 0 Å². The van der Waals surface area contributed by atoms with Crippen LogP contribution in [0.1, 0.15) is 6.42 Å². The Balaban J connectivity index is 1.62. The summed E-state index contributed by atoms with van der Waals surface area (Å²) < 4.78 is 0. The van der Waals surface area contributed by atoms with Crippen molar-refractivity contribution in [1.29, 1.82) is 0 Å². The summed E-state index contributed by atoms with van der Waals surface area (Å²) in [6.45, 7) is 1.98. The van der Waals surface area contributed by atoms with Crippen LogP contribution in [0.25, 0.3) is 0 Å². The van der Waals surface area contributed by atoms with E-state index in [0.29, 0.717) is 11.8 Å². The fourth-order valence-electron chi connectivity index (χ4n) is 3.27. The van der Waals surface area contributed by atoms with Gasteiger partial charge in [0.15, 0.2) is 0 Å². The highest BCUT2D eigenvalue weighted by Crippen LogP contribution is 2.54. The Hall–Kier alpha value is -0.900. The van der Waals surface area contributed by atoms with Crippen molar-refractivity contribution in [3.05, 3.63) is 0 Å². The van der Waals surface area contributed by atoms with E-state index >= 15 is 0 Å². The van der Waals surface area contributed by atoms with E-state index < -0.39 is 0 Å². The van der Waals surface area contributed by atoms with Gasteiger partial charge in [-0.1, -0.05) is 0 Å². The largest absolute Gasteiger partial charge is 0.316 e. The monoisotopic (exact) mass is 192 g/mol. The number of likely N-dealkylation sites (tertiary alicyclic amines) is 1. The minimum Gasteiger partial charge on any atom is -0.316 e. The summed E-state index contributed by atoms with van der Waals surface area (Å²) in [5.74, 6) is 1.55. The summed E-state index contributed by atoms with van der Waals surface area (Å²) in [5, 5.41) is 3.28. The van der Waals surface area contributed by atoms with Gasteiger partial charge in [-0.05, 0) is 18.3 Å². The van der Waals surface area contributed by atoms with Crippen LogP contribution >= 0.6 is 0 Å². The van der Waals surface area contributed by atoms with Crippen LogP contribution in [0.3, 0.4) is 0 Å². The molecular weight excluding hydrogens is 180 g/mol. The van der Waals surface area contributed by atoms with Crippen molar-refractivity contribution in [2.24, 2.45) is 23.7 Å². The van der Waals surface area contributed by atoms with Gasteiger partial charge in [-0.25, -0.2) is 0 Å². The van der Waals surface area contributed by atoms with E-state index in [1.165, 1.54) is 0 Å². The summed E-state index contributed by atoms with van der Waals surface area (Å²) in [5.41, 5.74) is 0. The maximum Gasteiger partial charge on any atom is 0.233 e. The van der Waals surface area contributed by atoms with Gasteiger partial charge in [0.1, 0.15) is 0 Å². The molecule has 0 bridgehead atoms. The quantitative estimate of drug-likeness (QED) is 0.554. The SMILES string of the molecule is O=C1C2CC2C(=O)N1C1C2CNCC21. The molecule has 4 nitrogen and oxygen atoms in total. The third-order valence-electron chi connectivity index (χ3n) is 4.24. The lowest BCUT2D eigenvalue weighted by molar-refractivity contribution is -0.142. The smallest absolute Gasteiger partial charge is 0.233 e. The van der Waals surface area contributed by atoms with Gasteiger partial charge >= 0.3 is 0 Å². The molecule has 2 heterocycles. The van der Waals surface area contributed by atoms with Crippen LogP contribution in [0, 0.1) is 23.7 Å². The highest BCUT2D eigenvalue weighted by molar-refractivity contribution is 6.09. The number of amides is 2. The van der Waals surface area contributed by atoms with E-state index in [4.69, 9.17) is 0 Å². The van der Waals surface area contributed by atoms with Gasteiger partial charge in [-0.3, -0.25) is 14.5 Å².